The lowest BCUT2D eigenvalue weighted by atomic mass is 10.1. The molecule has 1 atom stereocenters. The highest BCUT2D eigenvalue weighted by Gasteiger charge is 2.34. The van der Waals surface area contributed by atoms with Crippen LogP contribution in [-0.4, -0.2) is 75.0 Å². The van der Waals surface area contributed by atoms with Crippen LogP contribution in [0.4, 0.5) is 4.39 Å². The number of ether oxygens (including phenoxy) is 1. The number of benzene rings is 1. The Kier molecular flexibility index (Phi) is 5.62. The summed E-state index contributed by atoms with van der Waals surface area (Å²) in [6.45, 7) is 2.49. The Labute approximate surface area is 153 Å². The number of halogens is 1. The molecule has 0 radical (unpaired) electrons. The summed E-state index contributed by atoms with van der Waals surface area (Å²) in [6.07, 6.45) is 3.71. The molecule has 3 rings (SSSR count). The first-order valence-corrected chi connectivity index (χ1v) is 10.4. The van der Waals surface area contributed by atoms with E-state index in [1.807, 2.05) is 0 Å². The quantitative estimate of drug-likeness (QED) is 0.732. The first-order valence-electron chi connectivity index (χ1n) is 8.63. The minimum Gasteiger partial charge on any atom is -0.494 e. The third-order valence-electron chi connectivity index (χ3n) is 4.94. The van der Waals surface area contributed by atoms with Gasteiger partial charge in [-0.25, -0.2) is 12.8 Å². The van der Waals surface area contributed by atoms with E-state index >= 15 is 0 Å². The predicted molar refractivity (Wildman–Crippen MR) is 97.2 cm³/mol. The second-order valence-corrected chi connectivity index (χ2v) is 8.87. The molecule has 2 fully saturated rings. The summed E-state index contributed by atoms with van der Waals surface area (Å²) in [5.41, 5.74) is 0.589. The van der Waals surface area contributed by atoms with Crippen LogP contribution in [0.3, 0.4) is 0 Å². The fourth-order valence-electron chi connectivity index (χ4n) is 3.43. The lowest BCUT2D eigenvalue weighted by Gasteiger charge is -2.37. The van der Waals surface area contributed by atoms with Crippen molar-refractivity contribution in [3.8, 4) is 5.75 Å². The predicted octanol–water partition coefficient (Wildman–Crippen LogP) is 1.18. The van der Waals surface area contributed by atoms with E-state index in [0.29, 0.717) is 38.2 Å². The number of piperazine rings is 1. The van der Waals surface area contributed by atoms with Gasteiger partial charge in [-0.05, 0) is 30.2 Å². The van der Waals surface area contributed by atoms with Crippen LogP contribution in [0.2, 0.25) is 0 Å². The molecule has 1 amide bonds. The molecule has 6 nitrogen and oxygen atoms in total. The molecule has 2 saturated heterocycles. The van der Waals surface area contributed by atoms with Gasteiger partial charge in [0, 0.05) is 38.3 Å². The van der Waals surface area contributed by atoms with Gasteiger partial charge >= 0.3 is 0 Å². The smallest absolute Gasteiger partial charge is 0.246 e. The van der Waals surface area contributed by atoms with E-state index in [9.17, 15) is 17.6 Å². The lowest BCUT2D eigenvalue weighted by molar-refractivity contribution is -0.127. The SMILES string of the molecule is COc1ccc(/C=C/C(=O)N2CCN([C@H]3CCS(=O)(=O)C3)CC2)cc1F. The van der Waals surface area contributed by atoms with Crippen molar-refractivity contribution in [3.05, 3.63) is 35.7 Å². The molecular weight excluding hydrogens is 359 g/mol. The van der Waals surface area contributed by atoms with Gasteiger partial charge in [0.05, 0.1) is 18.6 Å². The van der Waals surface area contributed by atoms with Gasteiger partial charge in [0.15, 0.2) is 21.4 Å². The number of amides is 1. The normalized spacial score (nSPS) is 23.5. The number of carbonyl (C=O) groups excluding carboxylic acids is 1. The molecule has 2 aliphatic rings. The molecule has 1 aromatic carbocycles. The Hall–Kier alpha value is -1.93. The third-order valence-corrected chi connectivity index (χ3v) is 6.70. The van der Waals surface area contributed by atoms with E-state index < -0.39 is 15.7 Å². The number of hydrogen-bond donors (Lipinski definition) is 0. The van der Waals surface area contributed by atoms with Crippen LogP contribution < -0.4 is 4.74 Å². The fraction of sp³-hybridized carbons (Fsp3) is 0.500. The Morgan fingerprint density at radius 1 is 1.27 bits per heavy atom. The molecule has 0 bridgehead atoms. The lowest BCUT2D eigenvalue weighted by Crippen LogP contribution is -2.52. The Bertz CT molecular complexity index is 801. The van der Waals surface area contributed by atoms with E-state index in [2.05, 4.69) is 4.90 Å². The van der Waals surface area contributed by atoms with Crippen molar-refractivity contribution < 1.29 is 22.3 Å². The first-order chi connectivity index (χ1) is 12.4. The molecule has 2 aliphatic heterocycles. The van der Waals surface area contributed by atoms with E-state index in [1.54, 1.807) is 17.0 Å². The zero-order valence-corrected chi connectivity index (χ0v) is 15.5. The van der Waals surface area contributed by atoms with Gasteiger partial charge in [0.2, 0.25) is 5.91 Å². The Balaban J connectivity index is 1.53. The second kappa shape index (κ2) is 7.75. The highest BCUT2D eigenvalue weighted by atomic mass is 32.2. The van der Waals surface area contributed by atoms with E-state index in [4.69, 9.17) is 4.74 Å². The highest BCUT2D eigenvalue weighted by molar-refractivity contribution is 7.91. The largest absolute Gasteiger partial charge is 0.494 e. The van der Waals surface area contributed by atoms with Gasteiger partial charge in [-0.15, -0.1) is 0 Å². The van der Waals surface area contributed by atoms with Crippen LogP contribution in [0.15, 0.2) is 24.3 Å². The molecule has 0 aromatic heterocycles. The van der Waals surface area contributed by atoms with Gasteiger partial charge in [-0.2, -0.15) is 0 Å². The van der Waals surface area contributed by atoms with Gasteiger partial charge in [0.25, 0.3) is 0 Å². The van der Waals surface area contributed by atoms with Gasteiger partial charge < -0.3 is 9.64 Å². The molecule has 0 N–H and O–H groups in total. The average Bonchev–Trinajstić information content (AvgIpc) is 3.00. The zero-order chi connectivity index (χ0) is 18.7. The maximum atomic E-state index is 13.7. The van der Waals surface area contributed by atoms with Crippen LogP contribution in [0.25, 0.3) is 6.08 Å². The molecule has 8 heteroatoms. The first kappa shape index (κ1) is 18.8. The summed E-state index contributed by atoms with van der Waals surface area (Å²) >= 11 is 0. The van der Waals surface area contributed by atoms with Crippen LogP contribution in [0.1, 0.15) is 12.0 Å². The summed E-state index contributed by atoms with van der Waals surface area (Å²) in [4.78, 5) is 16.2. The molecule has 0 saturated carbocycles. The van der Waals surface area contributed by atoms with E-state index in [0.717, 1.165) is 0 Å². The highest BCUT2D eigenvalue weighted by Crippen LogP contribution is 2.20. The van der Waals surface area contributed by atoms with Crippen molar-refractivity contribution in [2.75, 3.05) is 44.8 Å². The Morgan fingerprint density at radius 3 is 2.58 bits per heavy atom. The molecule has 0 spiro atoms. The van der Waals surface area contributed by atoms with E-state index in [-0.39, 0.29) is 29.2 Å². The van der Waals surface area contributed by atoms with Crippen LogP contribution in [0.5, 0.6) is 5.75 Å². The number of methoxy groups -OCH3 is 1. The van der Waals surface area contributed by atoms with Crippen molar-refractivity contribution in [2.45, 2.75) is 12.5 Å². The number of sulfone groups is 1. The number of nitrogens with zero attached hydrogens (tertiary/aromatic N) is 2. The van der Waals surface area contributed by atoms with Crippen LogP contribution in [0, 0.1) is 5.82 Å². The maximum absolute atomic E-state index is 13.7. The maximum Gasteiger partial charge on any atom is 0.246 e. The van der Waals surface area contributed by atoms with Crippen LogP contribution >= 0.6 is 0 Å². The molecule has 26 heavy (non-hydrogen) atoms. The standard InChI is InChI=1S/C18H23FN2O4S/c1-25-17-4-2-14(12-16(17)19)3-5-18(22)21-9-7-20(8-10-21)15-6-11-26(23,24)13-15/h2-5,12,15H,6-11,13H2,1H3/b5-3+/t15-/m0/s1. The fourth-order valence-corrected chi connectivity index (χ4v) is 5.19. The minimum absolute atomic E-state index is 0.0788. The number of rotatable bonds is 4. The molecule has 1 aromatic rings. The third kappa shape index (κ3) is 4.42. The summed E-state index contributed by atoms with van der Waals surface area (Å²) in [7, 11) is -1.49. The summed E-state index contributed by atoms with van der Waals surface area (Å²) in [6, 6.07) is 4.61. The molecular formula is C18H23FN2O4S. The van der Waals surface area contributed by atoms with Crippen LogP contribution in [-0.2, 0) is 14.6 Å². The topological polar surface area (TPSA) is 66.9 Å². The van der Waals surface area contributed by atoms with Gasteiger partial charge in [0.1, 0.15) is 0 Å². The Morgan fingerprint density at radius 2 is 2.00 bits per heavy atom. The number of hydrogen-bond acceptors (Lipinski definition) is 5. The zero-order valence-electron chi connectivity index (χ0n) is 14.7. The summed E-state index contributed by atoms with van der Waals surface area (Å²) < 4.78 is 41.8. The van der Waals surface area contributed by atoms with E-state index in [1.165, 1.54) is 25.3 Å². The number of carbonyl (C=O) groups is 1. The monoisotopic (exact) mass is 382 g/mol. The molecule has 0 aliphatic carbocycles. The van der Waals surface area contributed by atoms with Crippen molar-refractivity contribution in [3.63, 3.8) is 0 Å². The average molecular weight is 382 g/mol. The van der Waals surface area contributed by atoms with Crippen molar-refractivity contribution >= 4 is 21.8 Å². The molecule has 0 unspecified atom stereocenters. The second-order valence-electron chi connectivity index (χ2n) is 6.65. The van der Waals surface area contributed by atoms with Gasteiger partial charge in [-0.1, -0.05) is 6.07 Å². The van der Waals surface area contributed by atoms with Crippen molar-refractivity contribution in [1.82, 2.24) is 9.80 Å². The molecule has 142 valence electrons. The summed E-state index contributed by atoms with van der Waals surface area (Å²) in [5.74, 6) is 0.0580. The summed E-state index contributed by atoms with van der Waals surface area (Å²) in [5, 5.41) is 0. The van der Waals surface area contributed by atoms with Gasteiger partial charge in [-0.3, -0.25) is 9.69 Å². The molecule has 2 heterocycles. The van der Waals surface area contributed by atoms with Crippen molar-refractivity contribution in [2.24, 2.45) is 0 Å². The minimum atomic E-state index is -2.90. The van der Waals surface area contributed by atoms with Crippen molar-refractivity contribution in [1.29, 1.82) is 0 Å².